The quantitative estimate of drug-likeness (QED) is 0.174. The molecule has 12 aromatic rings. The molecule has 0 aliphatic carbocycles. The van der Waals surface area contributed by atoms with Gasteiger partial charge < -0.3 is 4.90 Å². The molecule has 0 spiro atoms. The molecule has 0 radical (unpaired) electrons. The van der Waals surface area contributed by atoms with Crippen molar-refractivity contribution in [1.29, 1.82) is 0 Å². The summed E-state index contributed by atoms with van der Waals surface area (Å²) in [4.78, 5) is 7.11. The molecule has 0 unspecified atom stereocenters. The van der Waals surface area contributed by atoms with Crippen LogP contribution in [-0.2, 0) is 0 Å². The van der Waals surface area contributed by atoms with Crippen molar-refractivity contribution in [2.24, 2.45) is 0 Å². The van der Waals surface area contributed by atoms with Crippen molar-refractivity contribution < 1.29 is 0 Å². The van der Waals surface area contributed by atoms with Gasteiger partial charge >= 0.3 is 0 Å². The van der Waals surface area contributed by atoms with Crippen LogP contribution < -0.4 is 4.90 Å². The van der Waals surface area contributed by atoms with E-state index in [0.717, 1.165) is 39.1 Å². The van der Waals surface area contributed by atoms with Gasteiger partial charge in [-0.05, 0) is 111 Å². The highest BCUT2D eigenvalue weighted by molar-refractivity contribution is 7.26. The molecule has 0 aliphatic rings. The van der Waals surface area contributed by atoms with E-state index in [4.69, 9.17) is 0 Å². The monoisotopic (exact) mass is 760 g/mol. The SMILES string of the molecule is c1ccc2cc3c(cc2c1)sc1cc(N(c2ccc(-c4ccc(-c5cnc6ccccc6c5)cc4)cc2)c2ccc4c(c2)sc2cc5ccccc5cc24)ccc13. The van der Waals surface area contributed by atoms with E-state index in [-0.39, 0.29) is 0 Å². The van der Waals surface area contributed by atoms with Crippen molar-refractivity contribution in [1.82, 2.24) is 4.98 Å². The Labute approximate surface area is 337 Å². The van der Waals surface area contributed by atoms with E-state index >= 15 is 0 Å². The van der Waals surface area contributed by atoms with E-state index in [2.05, 4.69) is 192 Å². The Morgan fingerprint density at radius 3 is 1.28 bits per heavy atom. The lowest BCUT2D eigenvalue weighted by Gasteiger charge is -2.26. The molecular weight excluding hydrogens is 729 g/mol. The van der Waals surface area contributed by atoms with Crippen LogP contribution in [0, 0.1) is 0 Å². The summed E-state index contributed by atoms with van der Waals surface area (Å²) in [6.45, 7) is 0. The molecule has 0 bridgehead atoms. The van der Waals surface area contributed by atoms with Gasteiger partial charge in [-0.3, -0.25) is 4.98 Å². The highest BCUT2D eigenvalue weighted by Crippen LogP contribution is 2.44. The first kappa shape index (κ1) is 32.4. The number of pyridine rings is 1. The predicted octanol–water partition coefficient (Wildman–Crippen LogP) is 16.1. The van der Waals surface area contributed by atoms with Crippen molar-refractivity contribution in [2.45, 2.75) is 0 Å². The maximum atomic E-state index is 4.69. The number of thiophene rings is 2. The molecule has 0 aliphatic heterocycles. The van der Waals surface area contributed by atoms with Crippen LogP contribution in [0.25, 0.3) is 95.0 Å². The molecule has 9 aromatic carbocycles. The number of hydrogen-bond acceptors (Lipinski definition) is 4. The first-order chi connectivity index (χ1) is 28.2. The number of aromatic nitrogens is 1. The Bertz CT molecular complexity index is 3370. The van der Waals surface area contributed by atoms with Crippen LogP contribution in [0.2, 0.25) is 0 Å². The lowest BCUT2D eigenvalue weighted by Crippen LogP contribution is -2.09. The third kappa shape index (κ3) is 5.48. The van der Waals surface area contributed by atoms with E-state index in [1.165, 1.54) is 73.0 Å². The second-order valence-corrected chi connectivity index (χ2v) is 17.0. The van der Waals surface area contributed by atoms with E-state index in [1.54, 1.807) is 0 Å². The minimum atomic E-state index is 1.02. The summed E-state index contributed by atoms with van der Waals surface area (Å²) < 4.78 is 5.21. The summed E-state index contributed by atoms with van der Waals surface area (Å²) in [5.41, 5.74) is 9.08. The maximum absolute atomic E-state index is 4.69. The zero-order valence-corrected chi connectivity index (χ0v) is 32.3. The van der Waals surface area contributed by atoms with Crippen LogP contribution in [0.4, 0.5) is 17.1 Å². The number of anilines is 3. The molecule has 3 aromatic heterocycles. The summed E-state index contributed by atoms with van der Waals surface area (Å²) >= 11 is 3.75. The van der Waals surface area contributed by atoms with Crippen molar-refractivity contribution >= 4 is 113 Å². The third-order valence-electron chi connectivity index (χ3n) is 11.4. The van der Waals surface area contributed by atoms with E-state index in [0.29, 0.717) is 0 Å². The summed E-state index contributed by atoms with van der Waals surface area (Å²) in [6.07, 6.45) is 1.97. The molecule has 2 nitrogen and oxygen atoms in total. The van der Waals surface area contributed by atoms with Crippen molar-refractivity contribution in [3.8, 4) is 22.3 Å². The highest BCUT2D eigenvalue weighted by atomic mass is 32.1. The molecule has 57 heavy (non-hydrogen) atoms. The first-order valence-electron chi connectivity index (χ1n) is 19.2. The average Bonchev–Trinajstić information content (AvgIpc) is 3.81. The Morgan fingerprint density at radius 1 is 0.316 bits per heavy atom. The normalized spacial score (nSPS) is 11.9. The third-order valence-corrected chi connectivity index (χ3v) is 13.7. The van der Waals surface area contributed by atoms with Gasteiger partial charge in [-0.1, -0.05) is 115 Å². The second kappa shape index (κ2) is 12.9. The van der Waals surface area contributed by atoms with E-state index in [1.807, 2.05) is 34.9 Å². The van der Waals surface area contributed by atoms with Crippen LogP contribution in [0.1, 0.15) is 0 Å². The molecule has 4 heteroatoms. The predicted molar refractivity (Wildman–Crippen MR) is 248 cm³/mol. The summed E-state index contributed by atoms with van der Waals surface area (Å²) in [5, 5.41) is 11.5. The zero-order chi connectivity index (χ0) is 37.5. The summed E-state index contributed by atoms with van der Waals surface area (Å²) in [5.74, 6) is 0. The molecule has 0 N–H and O–H groups in total. The topological polar surface area (TPSA) is 16.1 Å². The minimum Gasteiger partial charge on any atom is -0.310 e. The van der Waals surface area contributed by atoms with Crippen LogP contribution in [0.15, 0.2) is 194 Å². The largest absolute Gasteiger partial charge is 0.310 e. The number of nitrogens with zero attached hydrogens (tertiary/aromatic N) is 2. The fourth-order valence-corrected chi connectivity index (χ4v) is 10.9. The molecule has 0 saturated carbocycles. The molecular formula is C53H32N2S2. The Kier molecular flexibility index (Phi) is 7.31. The Hall–Kier alpha value is -6.85. The number of benzene rings is 9. The summed E-state index contributed by atoms with van der Waals surface area (Å²) in [6, 6.07) is 69.0. The standard InChI is InChI=1S/C53H32N2S2/c1-3-9-38-28-50-47(26-36(38)7-1)45-23-21-43(30-52(45)56-50)55(44-22-24-46-48-27-37-8-2-4-10-39(37)29-51(48)57-53(46)31-44)42-19-17-34(18-20-42)33-13-15-35(16-14-33)41-25-40-11-5-6-12-49(40)54-32-41/h1-32H. The van der Waals surface area contributed by atoms with Crippen molar-refractivity contribution in [3.63, 3.8) is 0 Å². The second-order valence-electron chi connectivity index (χ2n) is 14.8. The molecule has 266 valence electrons. The van der Waals surface area contributed by atoms with Gasteiger partial charge in [0.05, 0.1) is 5.52 Å². The zero-order valence-electron chi connectivity index (χ0n) is 30.7. The molecule has 0 saturated heterocycles. The minimum absolute atomic E-state index is 1.02. The average molecular weight is 761 g/mol. The van der Waals surface area contributed by atoms with Crippen molar-refractivity contribution in [3.05, 3.63) is 194 Å². The van der Waals surface area contributed by atoms with Gasteiger partial charge in [-0.25, -0.2) is 0 Å². The van der Waals surface area contributed by atoms with Crippen LogP contribution in [0.5, 0.6) is 0 Å². The Morgan fingerprint density at radius 2 is 0.737 bits per heavy atom. The molecule has 0 amide bonds. The maximum Gasteiger partial charge on any atom is 0.0702 e. The number of hydrogen-bond donors (Lipinski definition) is 0. The smallest absolute Gasteiger partial charge is 0.0702 e. The highest BCUT2D eigenvalue weighted by Gasteiger charge is 2.18. The van der Waals surface area contributed by atoms with Crippen LogP contribution in [-0.4, -0.2) is 4.98 Å². The van der Waals surface area contributed by atoms with Crippen molar-refractivity contribution in [2.75, 3.05) is 4.90 Å². The first-order valence-corrected chi connectivity index (χ1v) is 20.9. The van der Waals surface area contributed by atoms with Gasteiger partial charge in [0.2, 0.25) is 0 Å². The van der Waals surface area contributed by atoms with Gasteiger partial charge in [0, 0.05) is 74.6 Å². The molecule has 3 heterocycles. The summed E-state index contributed by atoms with van der Waals surface area (Å²) in [7, 11) is 0. The Balaban J connectivity index is 0.957. The van der Waals surface area contributed by atoms with Gasteiger partial charge in [0.1, 0.15) is 0 Å². The van der Waals surface area contributed by atoms with Gasteiger partial charge in [0.25, 0.3) is 0 Å². The molecule has 0 atom stereocenters. The molecule has 0 fully saturated rings. The van der Waals surface area contributed by atoms with Crippen LogP contribution >= 0.6 is 22.7 Å². The number of para-hydroxylation sites is 1. The van der Waals surface area contributed by atoms with Gasteiger partial charge in [-0.15, -0.1) is 22.7 Å². The number of rotatable bonds is 5. The van der Waals surface area contributed by atoms with Gasteiger partial charge in [-0.2, -0.15) is 0 Å². The fourth-order valence-electron chi connectivity index (χ4n) is 8.51. The van der Waals surface area contributed by atoms with Gasteiger partial charge in [0.15, 0.2) is 0 Å². The molecule has 12 rings (SSSR count). The lowest BCUT2D eigenvalue weighted by molar-refractivity contribution is 1.30. The lowest BCUT2D eigenvalue weighted by atomic mass is 10.00. The van der Waals surface area contributed by atoms with E-state index < -0.39 is 0 Å². The van der Waals surface area contributed by atoms with Crippen LogP contribution in [0.3, 0.4) is 0 Å². The fraction of sp³-hybridized carbons (Fsp3) is 0. The number of fused-ring (bicyclic) bond motifs is 9. The van der Waals surface area contributed by atoms with E-state index in [9.17, 15) is 0 Å².